The Morgan fingerprint density at radius 1 is 1.45 bits per heavy atom. The van der Waals surface area contributed by atoms with E-state index in [0.717, 1.165) is 30.9 Å². The molecule has 1 atom stereocenters. The molecule has 0 aliphatic carbocycles. The summed E-state index contributed by atoms with van der Waals surface area (Å²) >= 11 is 1.87. The zero-order valence-corrected chi connectivity index (χ0v) is 13.6. The van der Waals surface area contributed by atoms with Gasteiger partial charge in [0.1, 0.15) is 5.41 Å². The molecule has 1 unspecified atom stereocenters. The smallest absolute Gasteiger partial charge is 0.236 e. The molecule has 1 rings (SSSR count). The molecular formula is C14H27N3O2S. The molecular weight excluding hydrogens is 274 g/mol. The van der Waals surface area contributed by atoms with Gasteiger partial charge in [-0.15, -0.1) is 0 Å². The molecule has 6 heteroatoms. The van der Waals surface area contributed by atoms with Crippen LogP contribution in [0, 0.1) is 5.41 Å². The summed E-state index contributed by atoms with van der Waals surface area (Å²) in [6, 6.07) is 0.209. The van der Waals surface area contributed by atoms with Crippen LogP contribution in [0.3, 0.4) is 0 Å². The van der Waals surface area contributed by atoms with Gasteiger partial charge in [-0.3, -0.25) is 4.79 Å². The number of oxime groups is 1. The summed E-state index contributed by atoms with van der Waals surface area (Å²) in [4.78, 5) is 15.0. The number of amides is 1. The minimum Gasteiger partial charge on any atom is -0.409 e. The molecule has 116 valence electrons. The number of carbonyl (C=O) groups is 1. The van der Waals surface area contributed by atoms with E-state index in [9.17, 15) is 4.79 Å². The fraction of sp³-hybridized carbons (Fsp3) is 0.857. The van der Waals surface area contributed by atoms with Gasteiger partial charge in [-0.05, 0) is 19.8 Å². The van der Waals surface area contributed by atoms with E-state index in [0.29, 0.717) is 12.8 Å². The normalized spacial score (nSPS) is 21.1. The third-order valence-electron chi connectivity index (χ3n) is 3.99. The molecule has 0 spiro atoms. The van der Waals surface area contributed by atoms with E-state index in [4.69, 9.17) is 10.9 Å². The third kappa shape index (κ3) is 3.40. The Morgan fingerprint density at radius 3 is 2.50 bits per heavy atom. The van der Waals surface area contributed by atoms with Gasteiger partial charge in [0.15, 0.2) is 5.84 Å². The van der Waals surface area contributed by atoms with Crippen molar-refractivity contribution in [2.75, 3.05) is 18.1 Å². The van der Waals surface area contributed by atoms with Crippen LogP contribution in [0.4, 0.5) is 0 Å². The van der Waals surface area contributed by atoms with Gasteiger partial charge in [0.05, 0.1) is 0 Å². The summed E-state index contributed by atoms with van der Waals surface area (Å²) < 4.78 is 0. The first-order valence-electron chi connectivity index (χ1n) is 7.40. The molecule has 20 heavy (non-hydrogen) atoms. The Hall–Kier alpha value is -0.910. The summed E-state index contributed by atoms with van der Waals surface area (Å²) in [6.45, 7) is 6.87. The lowest BCUT2D eigenvalue weighted by atomic mass is 9.76. The third-order valence-corrected chi connectivity index (χ3v) is 5.18. The van der Waals surface area contributed by atoms with Crippen LogP contribution in [0.5, 0.6) is 0 Å². The zero-order chi connectivity index (χ0) is 15.2. The Balaban J connectivity index is 3.10. The van der Waals surface area contributed by atoms with Crippen molar-refractivity contribution >= 4 is 23.5 Å². The van der Waals surface area contributed by atoms with Gasteiger partial charge in [0.25, 0.3) is 0 Å². The zero-order valence-electron chi connectivity index (χ0n) is 12.8. The highest BCUT2D eigenvalue weighted by Crippen LogP contribution is 2.34. The van der Waals surface area contributed by atoms with Gasteiger partial charge >= 0.3 is 0 Å². The highest BCUT2D eigenvalue weighted by atomic mass is 32.2. The maximum Gasteiger partial charge on any atom is 0.236 e. The van der Waals surface area contributed by atoms with E-state index < -0.39 is 5.41 Å². The van der Waals surface area contributed by atoms with Crippen molar-refractivity contribution in [3.8, 4) is 0 Å². The maximum absolute atomic E-state index is 13.1. The van der Waals surface area contributed by atoms with Crippen LogP contribution in [0.25, 0.3) is 0 Å². The number of carbonyl (C=O) groups excluding carboxylic acids is 1. The van der Waals surface area contributed by atoms with Crippen LogP contribution in [0.15, 0.2) is 5.16 Å². The van der Waals surface area contributed by atoms with Gasteiger partial charge in [0, 0.05) is 24.1 Å². The standard InChI is InChI=1S/C14H27N3O2S/c1-4-6-14(7-5-2,12(15)16-19)13(18)17-8-9-20-10-11(17)3/h11,19H,4-10H2,1-3H3,(H2,15,16). The highest BCUT2D eigenvalue weighted by Gasteiger charge is 2.45. The Labute approximate surface area is 126 Å². The molecule has 0 radical (unpaired) electrons. The molecule has 1 heterocycles. The van der Waals surface area contributed by atoms with Crippen molar-refractivity contribution < 1.29 is 10.0 Å². The minimum absolute atomic E-state index is 0.0318. The quantitative estimate of drug-likeness (QED) is 0.341. The van der Waals surface area contributed by atoms with Crippen molar-refractivity contribution in [1.29, 1.82) is 0 Å². The number of thioether (sulfide) groups is 1. The Kier molecular flexibility index (Phi) is 6.65. The number of nitrogens with two attached hydrogens (primary N) is 1. The Bertz CT molecular complexity index is 354. The Morgan fingerprint density at radius 2 is 2.05 bits per heavy atom. The van der Waals surface area contributed by atoms with E-state index in [2.05, 4.69) is 12.1 Å². The molecule has 1 aliphatic heterocycles. The number of rotatable bonds is 6. The van der Waals surface area contributed by atoms with Crippen molar-refractivity contribution in [3.63, 3.8) is 0 Å². The fourth-order valence-corrected chi connectivity index (χ4v) is 3.97. The molecule has 1 saturated heterocycles. The monoisotopic (exact) mass is 301 g/mol. The second kappa shape index (κ2) is 7.76. The number of hydrogen-bond donors (Lipinski definition) is 2. The van der Waals surface area contributed by atoms with Crippen LogP contribution < -0.4 is 5.73 Å². The summed E-state index contributed by atoms with van der Waals surface area (Å²) in [7, 11) is 0. The van der Waals surface area contributed by atoms with E-state index in [1.807, 2.05) is 30.5 Å². The molecule has 3 N–H and O–H groups in total. The largest absolute Gasteiger partial charge is 0.409 e. The van der Waals surface area contributed by atoms with Gasteiger partial charge in [-0.1, -0.05) is 31.8 Å². The average Bonchev–Trinajstić information content (AvgIpc) is 2.45. The lowest BCUT2D eigenvalue weighted by Crippen LogP contribution is -2.56. The lowest BCUT2D eigenvalue weighted by molar-refractivity contribution is -0.140. The van der Waals surface area contributed by atoms with Gasteiger partial charge in [0.2, 0.25) is 5.91 Å². The van der Waals surface area contributed by atoms with E-state index in [1.165, 1.54) is 0 Å². The highest BCUT2D eigenvalue weighted by molar-refractivity contribution is 7.99. The molecule has 0 saturated carbocycles. The van der Waals surface area contributed by atoms with Crippen molar-refractivity contribution in [2.45, 2.75) is 52.5 Å². The van der Waals surface area contributed by atoms with E-state index >= 15 is 0 Å². The summed E-state index contributed by atoms with van der Waals surface area (Å²) in [5.41, 5.74) is 5.09. The summed E-state index contributed by atoms with van der Waals surface area (Å²) in [5, 5.41) is 12.3. The maximum atomic E-state index is 13.1. The van der Waals surface area contributed by atoms with E-state index in [1.54, 1.807) is 0 Å². The first kappa shape index (κ1) is 17.1. The molecule has 1 aliphatic rings. The number of hydrogen-bond acceptors (Lipinski definition) is 4. The first-order valence-corrected chi connectivity index (χ1v) is 8.55. The molecule has 1 fully saturated rings. The fourth-order valence-electron chi connectivity index (χ4n) is 2.96. The first-order chi connectivity index (χ1) is 9.53. The number of amidine groups is 1. The summed E-state index contributed by atoms with van der Waals surface area (Å²) in [6.07, 6.45) is 2.93. The minimum atomic E-state index is -0.839. The van der Waals surface area contributed by atoms with Crippen LogP contribution in [-0.2, 0) is 4.79 Å². The van der Waals surface area contributed by atoms with E-state index in [-0.39, 0.29) is 17.8 Å². The van der Waals surface area contributed by atoms with Crippen molar-refractivity contribution in [2.24, 2.45) is 16.3 Å². The van der Waals surface area contributed by atoms with Crippen LogP contribution in [0.2, 0.25) is 0 Å². The van der Waals surface area contributed by atoms with Gasteiger partial charge < -0.3 is 15.8 Å². The molecule has 0 aromatic heterocycles. The summed E-state index contributed by atoms with van der Waals surface area (Å²) in [5.74, 6) is 2.01. The van der Waals surface area contributed by atoms with Crippen molar-refractivity contribution in [1.82, 2.24) is 4.90 Å². The lowest BCUT2D eigenvalue weighted by Gasteiger charge is -2.41. The van der Waals surface area contributed by atoms with Crippen LogP contribution in [0.1, 0.15) is 46.5 Å². The van der Waals surface area contributed by atoms with Gasteiger partial charge in [-0.25, -0.2) is 0 Å². The topological polar surface area (TPSA) is 78.9 Å². The molecule has 0 bridgehead atoms. The SMILES string of the molecule is CCCC(CCC)(C(=O)N1CCSCC1C)C(N)=NO. The molecule has 0 aromatic rings. The predicted octanol–water partition coefficient (Wildman–Crippen LogP) is 2.28. The molecule has 0 aromatic carbocycles. The average molecular weight is 301 g/mol. The molecule has 5 nitrogen and oxygen atoms in total. The second-order valence-corrected chi connectivity index (χ2v) is 6.64. The van der Waals surface area contributed by atoms with Crippen molar-refractivity contribution in [3.05, 3.63) is 0 Å². The molecule has 1 amide bonds. The van der Waals surface area contributed by atoms with Crippen LogP contribution >= 0.6 is 11.8 Å². The second-order valence-electron chi connectivity index (χ2n) is 5.49. The predicted molar refractivity (Wildman–Crippen MR) is 84.2 cm³/mol. The number of nitrogens with zero attached hydrogens (tertiary/aromatic N) is 2. The van der Waals surface area contributed by atoms with Crippen LogP contribution in [-0.4, -0.2) is 45.9 Å². The van der Waals surface area contributed by atoms with Gasteiger partial charge in [-0.2, -0.15) is 11.8 Å².